The molecule has 3 nitrogen and oxygen atoms in total. The molecule has 2 unspecified atom stereocenters. The molecule has 1 fully saturated rings. The van der Waals surface area contributed by atoms with Crippen LogP contribution >= 0.6 is 12.4 Å². The van der Waals surface area contributed by atoms with Crippen LogP contribution in [0, 0.1) is 5.92 Å². The number of hydrogen-bond acceptors (Lipinski definition) is 2. The summed E-state index contributed by atoms with van der Waals surface area (Å²) in [5.74, 6) is 0.781. The molecule has 1 aromatic rings. The number of rotatable bonds is 4. The Balaban J connectivity index is 0.00000220. The maximum absolute atomic E-state index is 12.2. The second kappa shape index (κ2) is 9.06. The van der Waals surface area contributed by atoms with Gasteiger partial charge in [0.25, 0.3) is 0 Å². The van der Waals surface area contributed by atoms with Gasteiger partial charge in [0, 0.05) is 6.04 Å². The molecular weight excluding hydrogens is 284 g/mol. The first-order valence-electron chi connectivity index (χ1n) is 7.75. The minimum absolute atomic E-state index is 0. The summed E-state index contributed by atoms with van der Waals surface area (Å²) in [6.07, 6.45) is 6.48. The van der Waals surface area contributed by atoms with Crippen LogP contribution in [-0.2, 0) is 11.2 Å². The molecule has 0 aliphatic heterocycles. The van der Waals surface area contributed by atoms with Gasteiger partial charge in [-0.2, -0.15) is 0 Å². The van der Waals surface area contributed by atoms with E-state index in [2.05, 4.69) is 12.2 Å². The van der Waals surface area contributed by atoms with Crippen LogP contribution in [0.1, 0.15) is 44.6 Å². The van der Waals surface area contributed by atoms with E-state index in [-0.39, 0.29) is 18.3 Å². The van der Waals surface area contributed by atoms with Gasteiger partial charge in [-0.1, -0.05) is 50.1 Å². The van der Waals surface area contributed by atoms with Gasteiger partial charge in [0.1, 0.15) is 0 Å². The monoisotopic (exact) mass is 310 g/mol. The maximum Gasteiger partial charge on any atom is 0.237 e. The Morgan fingerprint density at radius 3 is 2.67 bits per heavy atom. The lowest BCUT2D eigenvalue weighted by molar-refractivity contribution is -0.123. The number of carbonyl (C=O) groups excluding carboxylic acids is 1. The summed E-state index contributed by atoms with van der Waals surface area (Å²) < 4.78 is 0. The molecule has 0 radical (unpaired) electrons. The Kier molecular flexibility index (Phi) is 7.76. The molecule has 0 heterocycles. The highest BCUT2D eigenvalue weighted by molar-refractivity contribution is 5.85. The molecule has 3 atom stereocenters. The van der Waals surface area contributed by atoms with Gasteiger partial charge in [0.2, 0.25) is 5.91 Å². The number of halogens is 1. The van der Waals surface area contributed by atoms with E-state index >= 15 is 0 Å². The van der Waals surface area contributed by atoms with E-state index in [0.717, 1.165) is 24.3 Å². The molecular formula is C17H27ClN2O. The molecule has 3 N–H and O–H groups in total. The van der Waals surface area contributed by atoms with E-state index in [9.17, 15) is 4.79 Å². The summed E-state index contributed by atoms with van der Waals surface area (Å²) in [7, 11) is 0. The molecule has 1 aromatic carbocycles. The van der Waals surface area contributed by atoms with Crippen molar-refractivity contribution >= 4 is 18.3 Å². The molecule has 1 aliphatic carbocycles. The Bertz CT molecular complexity index is 424. The zero-order chi connectivity index (χ0) is 14.4. The lowest BCUT2D eigenvalue weighted by atomic mass is 10.0. The standard InChI is InChI=1S/C17H26N2O.ClH/c1-13-6-5-9-15(11-10-13)19-17(20)16(18)12-14-7-3-2-4-8-14;/h2-4,7-8,13,15-16H,5-6,9-12,18H2,1H3,(H,19,20);1H/t13?,15?,16-;/m0./s1. The van der Waals surface area contributed by atoms with Gasteiger partial charge in [0.15, 0.2) is 0 Å². The number of carbonyl (C=O) groups is 1. The third-order valence-corrected chi connectivity index (χ3v) is 4.24. The summed E-state index contributed by atoms with van der Waals surface area (Å²) in [5.41, 5.74) is 7.14. The zero-order valence-corrected chi connectivity index (χ0v) is 13.6. The van der Waals surface area contributed by atoms with Crippen molar-refractivity contribution in [1.29, 1.82) is 0 Å². The molecule has 0 aromatic heterocycles. The summed E-state index contributed by atoms with van der Waals surface area (Å²) in [6, 6.07) is 9.83. The Morgan fingerprint density at radius 2 is 1.95 bits per heavy atom. The number of amides is 1. The molecule has 1 aliphatic rings. The second-order valence-electron chi connectivity index (χ2n) is 6.12. The van der Waals surface area contributed by atoms with Crippen molar-refractivity contribution in [2.45, 2.75) is 57.5 Å². The van der Waals surface area contributed by atoms with E-state index < -0.39 is 6.04 Å². The zero-order valence-electron chi connectivity index (χ0n) is 12.8. The molecule has 118 valence electrons. The van der Waals surface area contributed by atoms with E-state index in [1.165, 1.54) is 19.3 Å². The fraction of sp³-hybridized carbons (Fsp3) is 0.588. The average Bonchev–Trinajstić information content (AvgIpc) is 2.65. The highest BCUT2D eigenvalue weighted by Crippen LogP contribution is 2.22. The summed E-state index contributed by atoms with van der Waals surface area (Å²) in [5, 5.41) is 3.14. The predicted molar refractivity (Wildman–Crippen MR) is 89.5 cm³/mol. The molecule has 1 saturated carbocycles. The van der Waals surface area contributed by atoms with Gasteiger partial charge in [-0.25, -0.2) is 0 Å². The number of benzene rings is 1. The minimum Gasteiger partial charge on any atom is -0.352 e. The van der Waals surface area contributed by atoms with Crippen LogP contribution in [0.3, 0.4) is 0 Å². The van der Waals surface area contributed by atoms with Crippen molar-refractivity contribution in [2.75, 3.05) is 0 Å². The van der Waals surface area contributed by atoms with Crippen LogP contribution in [-0.4, -0.2) is 18.0 Å². The largest absolute Gasteiger partial charge is 0.352 e. The lowest BCUT2D eigenvalue weighted by Gasteiger charge is -2.19. The Labute approximate surface area is 134 Å². The maximum atomic E-state index is 12.2. The number of hydrogen-bond donors (Lipinski definition) is 2. The molecule has 21 heavy (non-hydrogen) atoms. The van der Waals surface area contributed by atoms with Crippen LogP contribution in [0.2, 0.25) is 0 Å². The smallest absolute Gasteiger partial charge is 0.237 e. The number of nitrogens with two attached hydrogens (primary N) is 1. The number of nitrogens with one attached hydrogen (secondary N) is 1. The molecule has 0 bridgehead atoms. The topological polar surface area (TPSA) is 55.1 Å². The molecule has 1 amide bonds. The van der Waals surface area contributed by atoms with E-state index in [4.69, 9.17) is 5.73 Å². The second-order valence-corrected chi connectivity index (χ2v) is 6.12. The quantitative estimate of drug-likeness (QED) is 0.840. The normalized spacial score (nSPS) is 23.5. The summed E-state index contributed by atoms with van der Waals surface area (Å²) >= 11 is 0. The Morgan fingerprint density at radius 1 is 1.24 bits per heavy atom. The third-order valence-electron chi connectivity index (χ3n) is 4.24. The van der Waals surface area contributed by atoms with Crippen LogP contribution in [0.25, 0.3) is 0 Å². The average molecular weight is 311 g/mol. The Hall–Kier alpha value is -1.06. The van der Waals surface area contributed by atoms with Crippen LogP contribution in [0.15, 0.2) is 30.3 Å². The molecule has 4 heteroatoms. The predicted octanol–water partition coefficient (Wildman–Crippen LogP) is 3.06. The minimum atomic E-state index is -0.446. The van der Waals surface area contributed by atoms with Crippen LogP contribution < -0.4 is 11.1 Å². The first-order chi connectivity index (χ1) is 9.65. The van der Waals surface area contributed by atoms with Crippen LogP contribution in [0.5, 0.6) is 0 Å². The highest BCUT2D eigenvalue weighted by Gasteiger charge is 2.21. The van der Waals surface area contributed by atoms with Gasteiger partial charge in [-0.15, -0.1) is 12.4 Å². The fourth-order valence-corrected chi connectivity index (χ4v) is 2.90. The van der Waals surface area contributed by atoms with Gasteiger partial charge in [0.05, 0.1) is 6.04 Å². The summed E-state index contributed by atoms with van der Waals surface area (Å²) in [4.78, 5) is 12.2. The van der Waals surface area contributed by atoms with Gasteiger partial charge in [-0.05, 0) is 37.2 Å². The van der Waals surface area contributed by atoms with Crippen molar-refractivity contribution < 1.29 is 4.79 Å². The summed E-state index contributed by atoms with van der Waals surface area (Å²) in [6.45, 7) is 2.30. The van der Waals surface area contributed by atoms with Crippen molar-refractivity contribution in [2.24, 2.45) is 11.7 Å². The van der Waals surface area contributed by atoms with Crippen molar-refractivity contribution in [3.63, 3.8) is 0 Å². The first-order valence-corrected chi connectivity index (χ1v) is 7.75. The first kappa shape index (κ1) is 18.0. The molecule has 2 rings (SSSR count). The van der Waals surface area contributed by atoms with Gasteiger partial charge in [-0.3, -0.25) is 4.79 Å². The van der Waals surface area contributed by atoms with E-state index in [0.29, 0.717) is 12.5 Å². The molecule has 0 saturated heterocycles. The van der Waals surface area contributed by atoms with E-state index in [1.807, 2.05) is 30.3 Å². The van der Waals surface area contributed by atoms with E-state index in [1.54, 1.807) is 0 Å². The third kappa shape index (κ3) is 6.06. The van der Waals surface area contributed by atoms with Crippen molar-refractivity contribution in [3.05, 3.63) is 35.9 Å². The molecule has 0 spiro atoms. The van der Waals surface area contributed by atoms with Gasteiger partial charge >= 0.3 is 0 Å². The van der Waals surface area contributed by atoms with Gasteiger partial charge < -0.3 is 11.1 Å². The van der Waals surface area contributed by atoms with Crippen molar-refractivity contribution in [3.8, 4) is 0 Å². The van der Waals surface area contributed by atoms with Crippen molar-refractivity contribution in [1.82, 2.24) is 5.32 Å². The lowest BCUT2D eigenvalue weighted by Crippen LogP contribution is -2.46. The van der Waals surface area contributed by atoms with Crippen LogP contribution in [0.4, 0.5) is 0 Å². The highest BCUT2D eigenvalue weighted by atomic mass is 35.5. The fourth-order valence-electron chi connectivity index (χ4n) is 2.90. The SMILES string of the molecule is CC1CCCC(NC(=O)[C@@H](N)Cc2ccccc2)CC1.Cl.